The number of hydrogen-bond acceptors (Lipinski definition) is 5. The molecule has 2 aromatic carbocycles. The summed E-state index contributed by atoms with van der Waals surface area (Å²) in [6, 6.07) is 14.2. The molecule has 1 N–H and O–H groups in total. The molecule has 1 amide bonds. The van der Waals surface area contributed by atoms with E-state index in [4.69, 9.17) is 0 Å². The van der Waals surface area contributed by atoms with Crippen molar-refractivity contribution in [2.45, 2.75) is 23.6 Å². The molecule has 0 aliphatic carbocycles. The summed E-state index contributed by atoms with van der Waals surface area (Å²) in [6.07, 6.45) is 0. The highest BCUT2D eigenvalue weighted by molar-refractivity contribution is 7.99. The fourth-order valence-corrected chi connectivity index (χ4v) is 4.18. The number of aryl methyl sites for hydroxylation is 1. The summed E-state index contributed by atoms with van der Waals surface area (Å²) < 4.78 is 14.8. The first-order valence-corrected chi connectivity index (χ1v) is 10.8. The molecular weight excluding hydrogens is 395 g/mol. The van der Waals surface area contributed by atoms with Gasteiger partial charge in [-0.3, -0.25) is 4.79 Å². The number of thioether (sulfide) groups is 2. The maximum absolute atomic E-state index is 12.9. The Morgan fingerprint density at radius 2 is 1.93 bits per heavy atom. The number of hydrogen-bond donors (Lipinski definition) is 1. The highest BCUT2D eigenvalue weighted by Crippen LogP contribution is 2.21. The van der Waals surface area contributed by atoms with Gasteiger partial charge in [-0.15, -0.1) is 22.0 Å². The van der Waals surface area contributed by atoms with Gasteiger partial charge in [0.05, 0.1) is 11.5 Å². The quantitative estimate of drug-likeness (QED) is 0.551. The Morgan fingerprint density at radius 1 is 1.14 bits per heavy atom. The van der Waals surface area contributed by atoms with Gasteiger partial charge in [0.15, 0.2) is 5.16 Å². The summed E-state index contributed by atoms with van der Waals surface area (Å²) in [5, 5.41) is 12.0. The van der Waals surface area contributed by atoms with Crippen LogP contribution in [0.3, 0.4) is 0 Å². The second-order valence-corrected chi connectivity index (χ2v) is 8.21. The first kappa shape index (κ1) is 20.4. The van der Waals surface area contributed by atoms with E-state index in [2.05, 4.69) is 15.5 Å². The van der Waals surface area contributed by atoms with Gasteiger partial charge in [-0.05, 0) is 42.3 Å². The molecule has 0 aliphatic heterocycles. The van der Waals surface area contributed by atoms with Crippen molar-refractivity contribution in [3.05, 3.63) is 71.3 Å². The zero-order chi connectivity index (χ0) is 19.9. The lowest BCUT2D eigenvalue weighted by Crippen LogP contribution is -2.14. The van der Waals surface area contributed by atoms with E-state index in [1.54, 1.807) is 23.9 Å². The molecule has 0 saturated heterocycles. The zero-order valence-corrected chi connectivity index (χ0v) is 17.3. The molecule has 146 valence electrons. The maximum Gasteiger partial charge on any atom is 0.234 e. The topological polar surface area (TPSA) is 59.8 Å². The molecule has 0 bridgehead atoms. The van der Waals surface area contributed by atoms with Gasteiger partial charge in [-0.1, -0.05) is 36.0 Å². The van der Waals surface area contributed by atoms with Crippen LogP contribution in [0.15, 0.2) is 53.7 Å². The second kappa shape index (κ2) is 9.75. The third-order valence-corrected chi connectivity index (χ3v) is 5.99. The van der Waals surface area contributed by atoms with Gasteiger partial charge in [0.2, 0.25) is 5.91 Å². The van der Waals surface area contributed by atoms with Crippen molar-refractivity contribution in [3.63, 3.8) is 0 Å². The molecule has 1 aromatic heterocycles. The maximum atomic E-state index is 12.9. The van der Waals surface area contributed by atoms with Crippen LogP contribution in [0.25, 0.3) is 0 Å². The van der Waals surface area contributed by atoms with E-state index < -0.39 is 0 Å². The Labute approximate surface area is 172 Å². The third kappa shape index (κ3) is 5.84. The average Bonchev–Trinajstić information content (AvgIpc) is 3.02. The summed E-state index contributed by atoms with van der Waals surface area (Å²) in [6.45, 7) is 1.99. The minimum Gasteiger partial charge on any atom is -0.325 e. The number of benzene rings is 2. The highest BCUT2D eigenvalue weighted by atomic mass is 32.2. The Kier molecular flexibility index (Phi) is 7.11. The number of carbonyl (C=O) groups excluding carboxylic acids is 1. The summed E-state index contributed by atoms with van der Waals surface area (Å²) >= 11 is 3.04. The van der Waals surface area contributed by atoms with E-state index in [0.29, 0.717) is 10.9 Å². The molecule has 5 nitrogen and oxygen atoms in total. The summed E-state index contributed by atoms with van der Waals surface area (Å²) in [7, 11) is 1.90. The van der Waals surface area contributed by atoms with Crippen LogP contribution in [0.2, 0.25) is 0 Å². The van der Waals surface area contributed by atoms with Gasteiger partial charge in [0.1, 0.15) is 11.6 Å². The fourth-order valence-electron chi connectivity index (χ4n) is 2.49. The number of nitrogens with zero attached hydrogens (tertiary/aromatic N) is 3. The Morgan fingerprint density at radius 3 is 2.68 bits per heavy atom. The number of anilines is 1. The van der Waals surface area contributed by atoms with Gasteiger partial charge in [-0.25, -0.2) is 4.39 Å². The molecule has 0 spiro atoms. The van der Waals surface area contributed by atoms with Crippen LogP contribution in [0.5, 0.6) is 0 Å². The molecule has 0 radical (unpaired) electrons. The first-order valence-electron chi connectivity index (χ1n) is 8.71. The Hall–Kier alpha value is -2.32. The molecule has 0 fully saturated rings. The molecule has 0 saturated carbocycles. The molecule has 1 heterocycles. The minimum atomic E-state index is -0.227. The second-order valence-electron chi connectivity index (χ2n) is 6.28. The number of rotatable bonds is 8. The van der Waals surface area contributed by atoms with E-state index in [0.717, 1.165) is 28.4 Å². The predicted molar refractivity (Wildman–Crippen MR) is 113 cm³/mol. The number of halogens is 1. The van der Waals surface area contributed by atoms with Gasteiger partial charge in [0.25, 0.3) is 0 Å². The van der Waals surface area contributed by atoms with E-state index in [9.17, 15) is 9.18 Å². The van der Waals surface area contributed by atoms with Crippen LogP contribution in [0, 0.1) is 12.7 Å². The van der Waals surface area contributed by atoms with Crippen LogP contribution in [0.1, 0.15) is 17.0 Å². The van der Waals surface area contributed by atoms with Crippen molar-refractivity contribution >= 4 is 35.1 Å². The molecule has 8 heteroatoms. The van der Waals surface area contributed by atoms with Gasteiger partial charge in [0, 0.05) is 18.5 Å². The van der Waals surface area contributed by atoms with Crippen LogP contribution < -0.4 is 5.32 Å². The van der Waals surface area contributed by atoms with Crippen molar-refractivity contribution < 1.29 is 9.18 Å². The Balaban J connectivity index is 1.47. The largest absolute Gasteiger partial charge is 0.325 e. The van der Waals surface area contributed by atoms with Crippen molar-refractivity contribution in [2.24, 2.45) is 7.05 Å². The lowest BCUT2D eigenvalue weighted by atomic mass is 10.2. The van der Waals surface area contributed by atoms with Crippen LogP contribution in [-0.2, 0) is 23.3 Å². The Bertz CT molecular complexity index is 944. The summed E-state index contributed by atoms with van der Waals surface area (Å²) in [4.78, 5) is 12.1. The minimum absolute atomic E-state index is 0.0779. The van der Waals surface area contributed by atoms with Crippen LogP contribution >= 0.6 is 23.5 Å². The zero-order valence-electron chi connectivity index (χ0n) is 15.7. The monoisotopic (exact) mass is 416 g/mol. The highest BCUT2D eigenvalue weighted by Gasteiger charge is 2.12. The summed E-state index contributed by atoms with van der Waals surface area (Å²) in [5.74, 6) is 2.27. The lowest BCUT2D eigenvalue weighted by Gasteiger charge is -2.06. The molecule has 0 atom stereocenters. The van der Waals surface area contributed by atoms with E-state index in [1.807, 2.05) is 42.8 Å². The van der Waals surface area contributed by atoms with Crippen LogP contribution in [0.4, 0.5) is 10.1 Å². The van der Waals surface area contributed by atoms with Gasteiger partial charge >= 0.3 is 0 Å². The molecule has 0 unspecified atom stereocenters. The molecule has 3 rings (SSSR count). The van der Waals surface area contributed by atoms with Crippen molar-refractivity contribution in [1.29, 1.82) is 0 Å². The smallest absolute Gasteiger partial charge is 0.234 e. The predicted octanol–water partition coefficient (Wildman–Crippen LogP) is 4.43. The fraction of sp³-hybridized carbons (Fsp3) is 0.250. The number of nitrogens with one attached hydrogen (secondary N) is 1. The summed E-state index contributed by atoms with van der Waals surface area (Å²) in [5.41, 5.74) is 2.96. The number of amides is 1. The molecule has 3 aromatic rings. The van der Waals surface area contributed by atoms with Crippen molar-refractivity contribution in [1.82, 2.24) is 14.8 Å². The molecular formula is C20H21FN4OS2. The number of carbonyl (C=O) groups is 1. The van der Waals surface area contributed by atoms with Gasteiger partial charge < -0.3 is 9.88 Å². The molecule has 0 aliphatic rings. The van der Waals surface area contributed by atoms with E-state index in [1.165, 1.54) is 23.9 Å². The number of aromatic nitrogens is 3. The van der Waals surface area contributed by atoms with E-state index in [-0.39, 0.29) is 17.5 Å². The van der Waals surface area contributed by atoms with Crippen molar-refractivity contribution in [3.8, 4) is 0 Å². The first-order chi connectivity index (χ1) is 13.5. The van der Waals surface area contributed by atoms with Crippen molar-refractivity contribution in [2.75, 3.05) is 11.1 Å². The normalized spacial score (nSPS) is 10.8. The molecule has 28 heavy (non-hydrogen) atoms. The van der Waals surface area contributed by atoms with Crippen LogP contribution in [-0.4, -0.2) is 26.4 Å². The SMILES string of the molecule is Cc1cccc(NC(=O)CSc2nnc(CSCc3ccc(F)cc3)n2C)c1. The van der Waals surface area contributed by atoms with E-state index >= 15 is 0 Å². The lowest BCUT2D eigenvalue weighted by molar-refractivity contribution is -0.113. The standard InChI is InChI=1S/C20H21FN4OS2/c1-14-4-3-5-17(10-14)22-19(26)13-28-20-24-23-18(25(20)2)12-27-11-15-6-8-16(21)9-7-15/h3-10H,11-13H2,1-2H3,(H,22,26). The average molecular weight is 417 g/mol. The van der Waals surface area contributed by atoms with Gasteiger partial charge in [-0.2, -0.15) is 0 Å². The third-order valence-electron chi connectivity index (χ3n) is 3.97.